The molecule has 3 aromatic carbocycles. The van der Waals surface area contributed by atoms with Crippen molar-refractivity contribution >= 4 is 27.5 Å². The van der Waals surface area contributed by atoms with Gasteiger partial charge in [0.15, 0.2) is 0 Å². The highest BCUT2D eigenvalue weighted by Gasteiger charge is 2.34. The van der Waals surface area contributed by atoms with E-state index in [-0.39, 0.29) is 17.3 Å². The molecule has 1 N–H and O–H groups in total. The maximum absolute atomic E-state index is 14.1. The van der Waals surface area contributed by atoms with Crippen molar-refractivity contribution in [2.24, 2.45) is 0 Å². The number of nitrogens with zero attached hydrogens (tertiary/aromatic N) is 2. The van der Waals surface area contributed by atoms with Gasteiger partial charge in [0, 0.05) is 12.1 Å². The van der Waals surface area contributed by atoms with Crippen LogP contribution in [0.4, 0.5) is 5.69 Å². The highest BCUT2D eigenvalue weighted by atomic mass is 32.2. The molecule has 7 nitrogen and oxygen atoms in total. The molecule has 40 heavy (non-hydrogen) atoms. The first-order chi connectivity index (χ1) is 18.6. The van der Waals surface area contributed by atoms with Crippen molar-refractivity contribution in [3.05, 3.63) is 94.5 Å². The quantitative estimate of drug-likeness (QED) is 0.375. The van der Waals surface area contributed by atoms with E-state index in [0.29, 0.717) is 5.69 Å². The number of nitrogens with one attached hydrogen (secondary N) is 1. The first-order valence-electron chi connectivity index (χ1n) is 13.4. The summed E-state index contributed by atoms with van der Waals surface area (Å²) in [7, 11) is -4.11. The number of carbonyl (C=O) groups excluding carboxylic acids is 2. The molecule has 8 heteroatoms. The largest absolute Gasteiger partial charge is 0.350 e. The third-order valence-corrected chi connectivity index (χ3v) is 8.65. The molecule has 0 aliphatic carbocycles. The number of hydrogen-bond donors (Lipinski definition) is 1. The molecule has 0 aliphatic heterocycles. The molecule has 3 aromatic rings. The lowest BCUT2D eigenvalue weighted by atomic mass is 10.1. The van der Waals surface area contributed by atoms with Gasteiger partial charge in [-0.1, -0.05) is 59.7 Å². The van der Waals surface area contributed by atoms with Crippen LogP contribution in [0.5, 0.6) is 0 Å². The Kier molecular flexibility index (Phi) is 9.46. The Morgan fingerprint density at radius 1 is 0.850 bits per heavy atom. The van der Waals surface area contributed by atoms with Crippen molar-refractivity contribution in [1.82, 2.24) is 10.2 Å². The zero-order valence-electron chi connectivity index (χ0n) is 24.8. The topological polar surface area (TPSA) is 86.8 Å². The van der Waals surface area contributed by atoms with E-state index in [1.807, 2.05) is 78.8 Å². The molecule has 0 bridgehead atoms. The normalized spacial score (nSPS) is 12.5. The zero-order chi connectivity index (χ0) is 29.8. The third kappa shape index (κ3) is 7.50. The van der Waals surface area contributed by atoms with E-state index in [1.54, 1.807) is 43.3 Å². The van der Waals surface area contributed by atoms with E-state index < -0.39 is 34.1 Å². The van der Waals surface area contributed by atoms with Crippen LogP contribution < -0.4 is 9.62 Å². The summed E-state index contributed by atoms with van der Waals surface area (Å²) in [6.07, 6.45) is 0. The number of carbonyl (C=O) groups is 2. The van der Waals surface area contributed by atoms with Gasteiger partial charge in [0.25, 0.3) is 10.0 Å². The summed E-state index contributed by atoms with van der Waals surface area (Å²) in [5.41, 5.74) is 4.44. The van der Waals surface area contributed by atoms with E-state index in [1.165, 1.54) is 9.21 Å². The number of aryl methyl sites for hydroxylation is 3. The van der Waals surface area contributed by atoms with Crippen LogP contribution >= 0.6 is 0 Å². The highest BCUT2D eigenvalue weighted by molar-refractivity contribution is 7.92. The van der Waals surface area contributed by atoms with Crippen LogP contribution in [0.15, 0.2) is 71.6 Å². The summed E-state index contributed by atoms with van der Waals surface area (Å²) in [5, 5.41) is 2.95. The van der Waals surface area contributed by atoms with Crippen LogP contribution in [-0.2, 0) is 26.2 Å². The maximum Gasteiger partial charge on any atom is 0.264 e. The Morgan fingerprint density at radius 2 is 1.40 bits per heavy atom. The molecule has 0 aliphatic rings. The predicted molar refractivity (Wildman–Crippen MR) is 161 cm³/mol. The van der Waals surface area contributed by atoms with E-state index in [0.717, 1.165) is 27.8 Å². The molecule has 0 heterocycles. The first kappa shape index (κ1) is 30.9. The van der Waals surface area contributed by atoms with Gasteiger partial charge < -0.3 is 10.2 Å². The smallest absolute Gasteiger partial charge is 0.264 e. The lowest BCUT2D eigenvalue weighted by Gasteiger charge is -2.34. The summed E-state index contributed by atoms with van der Waals surface area (Å²) in [5.74, 6) is -0.790. The molecule has 1 atom stereocenters. The van der Waals surface area contributed by atoms with Crippen LogP contribution in [0.3, 0.4) is 0 Å². The lowest BCUT2D eigenvalue weighted by molar-refractivity contribution is -0.140. The molecule has 0 saturated heterocycles. The summed E-state index contributed by atoms with van der Waals surface area (Å²) in [4.78, 5) is 28.8. The fourth-order valence-corrected chi connectivity index (χ4v) is 5.78. The average molecular weight is 564 g/mol. The maximum atomic E-state index is 14.1. The summed E-state index contributed by atoms with van der Waals surface area (Å²) >= 11 is 0. The average Bonchev–Trinajstić information content (AvgIpc) is 2.87. The van der Waals surface area contributed by atoms with E-state index in [2.05, 4.69) is 5.32 Å². The molecule has 2 amide bonds. The van der Waals surface area contributed by atoms with E-state index >= 15 is 0 Å². The second-order valence-corrected chi connectivity index (χ2v) is 13.3. The highest BCUT2D eigenvalue weighted by Crippen LogP contribution is 2.29. The molecule has 0 spiro atoms. The zero-order valence-corrected chi connectivity index (χ0v) is 25.6. The minimum atomic E-state index is -4.11. The monoisotopic (exact) mass is 563 g/mol. The van der Waals surface area contributed by atoms with Crippen molar-refractivity contribution in [3.63, 3.8) is 0 Å². The van der Waals surface area contributed by atoms with Gasteiger partial charge in [0.05, 0.1) is 10.6 Å². The fraction of sp³-hybridized carbons (Fsp3) is 0.375. The van der Waals surface area contributed by atoms with Crippen molar-refractivity contribution in [1.29, 1.82) is 0 Å². The van der Waals surface area contributed by atoms with Crippen molar-refractivity contribution in [2.45, 2.75) is 78.4 Å². The predicted octanol–water partition coefficient (Wildman–Crippen LogP) is 5.45. The summed E-state index contributed by atoms with van der Waals surface area (Å²) < 4.78 is 29.2. The van der Waals surface area contributed by atoms with Crippen molar-refractivity contribution in [2.75, 3.05) is 10.8 Å². The number of amides is 2. The minimum Gasteiger partial charge on any atom is -0.350 e. The molecule has 0 aromatic heterocycles. The molecular weight excluding hydrogens is 522 g/mol. The summed E-state index contributed by atoms with van der Waals surface area (Å²) in [6.45, 7) is 14.6. The molecule has 0 saturated carbocycles. The van der Waals surface area contributed by atoms with Crippen LogP contribution in [0.25, 0.3) is 0 Å². The number of benzene rings is 3. The second kappa shape index (κ2) is 12.3. The summed E-state index contributed by atoms with van der Waals surface area (Å²) in [6, 6.07) is 18.8. The van der Waals surface area contributed by atoms with Gasteiger partial charge in [-0.2, -0.15) is 0 Å². The number of rotatable bonds is 9. The third-order valence-electron chi connectivity index (χ3n) is 6.87. The molecule has 214 valence electrons. The standard InChI is InChI=1S/C32H41N3O4S/c1-22-12-16-27(17-13-22)20-34(26(5)31(37)33-32(6,7)8)30(36)21-35(29-11-9-10-24(3)25(29)4)40(38,39)28-18-14-23(2)15-19-28/h9-19,26H,20-21H2,1-8H3,(H,33,37). The van der Waals surface area contributed by atoms with Crippen molar-refractivity contribution in [3.8, 4) is 0 Å². The van der Waals surface area contributed by atoms with Gasteiger partial charge in [-0.15, -0.1) is 0 Å². The van der Waals surface area contributed by atoms with Crippen LogP contribution in [0.2, 0.25) is 0 Å². The van der Waals surface area contributed by atoms with Gasteiger partial charge in [0.2, 0.25) is 11.8 Å². The molecule has 0 radical (unpaired) electrons. The van der Waals surface area contributed by atoms with Gasteiger partial charge >= 0.3 is 0 Å². The second-order valence-electron chi connectivity index (χ2n) is 11.5. The number of hydrogen-bond acceptors (Lipinski definition) is 4. The Hall–Kier alpha value is -3.65. The Balaban J connectivity index is 2.08. The molecular formula is C32H41N3O4S. The number of sulfonamides is 1. The van der Waals surface area contributed by atoms with Gasteiger partial charge in [0.1, 0.15) is 12.6 Å². The molecule has 0 fully saturated rings. The van der Waals surface area contributed by atoms with E-state index in [4.69, 9.17) is 0 Å². The van der Waals surface area contributed by atoms with Crippen LogP contribution in [0, 0.1) is 27.7 Å². The van der Waals surface area contributed by atoms with Gasteiger partial charge in [-0.05, 0) is 90.3 Å². The Labute approximate surface area is 239 Å². The van der Waals surface area contributed by atoms with Gasteiger partial charge in [-0.25, -0.2) is 8.42 Å². The van der Waals surface area contributed by atoms with Crippen LogP contribution in [0.1, 0.15) is 55.5 Å². The minimum absolute atomic E-state index is 0.0930. The first-order valence-corrected chi connectivity index (χ1v) is 14.9. The number of anilines is 1. The Bertz CT molecular complexity index is 1460. The lowest BCUT2D eigenvalue weighted by Crippen LogP contribution is -2.54. The van der Waals surface area contributed by atoms with Gasteiger partial charge in [-0.3, -0.25) is 13.9 Å². The Morgan fingerprint density at radius 3 is 1.95 bits per heavy atom. The SMILES string of the molecule is Cc1ccc(CN(C(=O)CN(c2cccc(C)c2C)S(=O)(=O)c2ccc(C)cc2)C(C)C(=O)NC(C)(C)C)cc1. The van der Waals surface area contributed by atoms with Crippen molar-refractivity contribution < 1.29 is 18.0 Å². The fourth-order valence-electron chi connectivity index (χ4n) is 4.30. The van der Waals surface area contributed by atoms with Crippen LogP contribution in [-0.4, -0.2) is 43.3 Å². The molecule has 3 rings (SSSR count). The molecule has 1 unspecified atom stereocenters. The van der Waals surface area contributed by atoms with E-state index in [9.17, 15) is 18.0 Å².